The van der Waals surface area contributed by atoms with Gasteiger partial charge in [-0.05, 0) is 35.4 Å². The molecule has 3 nitrogen and oxygen atoms in total. The summed E-state index contributed by atoms with van der Waals surface area (Å²) in [5.41, 5.74) is 2.71. The van der Waals surface area contributed by atoms with E-state index in [2.05, 4.69) is 0 Å². The summed E-state index contributed by atoms with van der Waals surface area (Å²) in [5, 5.41) is 2.35. The lowest BCUT2D eigenvalue weighted by molar-refractivity contribution is 0.623. The average Bonchev–Trinajstić information content (AvgIpc) is 3.21. The van der Waals surface area contributed by atoms with Gasteiger partial charge in [-0.25, -0.2) is 13.8 Å². The van der Waals surface area contributed by atoms with Gasteiger partial charge in [0, 0.05) is 16.5 Å². The van der Waals surface area contributed by atoms with Crippen LogP contribution in [0.25, 0.3) is 32.7 Å². The van der Waals surface area contributed by atoms with Crippen molar-refractivity contribution in [3.8, 4) is 22.5 Å². The summed E-state index contributed by atoms with van der Waals surface area (Å²) >= 11 is 1.38. The normalized spacial score (nSPS) is 11.2. The van der Waals surface area contributed by atoms with Crippen molar-refractivity contribution in [1.29, 1.82) is 0 Å². The number of benzene rings is 3. The number of halogens is 2. The van der Waals surface area contributed by atoms with Gasteiger partial charge in [0.15, 0.2) is 0 Å². The van der Waals surface area contributed by atoms with Crippen LogP contribution in [0.1, 0.15) is 5.56 Å². The lowest BCUT2D eigenvalue weighted by Crippen LogP contribution is -2.24. The highest BCUT2D eigenvalue weighted by molar-refractivity contribution is 7.17. The minimum absolute atomic E-state index is 0.183. The van der Waals surface area contributed by atoms with Crippen LogP contribution in [0.2, 0.25) is 0 Å². The first-order valence-corrected chi connectivity index (χ1v) is 10.6. The number of rotatable bonds is 4. The molecule has 0 fully saturated rings. The highest BCUT2D eigenvalue weighted by atomic mass is 32.1. The second-order valence-corrected chi connectivity index (χ2v) is 8.02. The molecule has 0 unspecified atom stereocenters. The number of hydrogen-bond donors (Lipinski definition) is 0. The zero-order chi connectivity index (χ0) is 21.4. The summed E-state index contributed by atoms with van der Waals surface area (Å²) in [6.07, 6.45) is 0. The maximum absolute atomic E-state index is 13.8. The minimum Gasteiger partial charge on any atom is -0.288 e. The van der Waals surface area contributed by atoms with Crippen LogP contribution in [0.5, 0.6) is 0 Å². The van der Waals surface area contributed by atoms with Crippen molar-refractivity contribution in [3.05, 3.63) is 112 Å². The van der Waals surface area contributed by atoms with Crippen LogP contribution in [-0.2, 0) is 6.54 Å². The topological polar surface area (TPSA) is 34.9 Å². The van der Waals surface area contributed by atoms with Gasteiger partial charge >= 0.3 is 0 Å². The highest BCUT2D eigenvalue weighted by Gasteiger charge is 2.18. The lowest BCUT2D eigenvalue weighted by atomic mass is 10.1. The maximum atomic E-state index is 13.8. The Balaban J connectivity index is 1.76. The van der Waals surface area contributed by atoms with Gasteiger partial charge in [0.1, 0.15) is 22.3 Å². The minimum atomic E-state index is -0.358. The molecule has 0 saturated carbocycles. The molecule has 6 heteroatoms. The molecule has 0 aliphatic rings. The number of aromatic nitrogens is 2. The van der Waals surface area contributed by atoms with Crippen LogP contribution >= 0.6 is 11.3 Å². The SMILES string of the molecule is O=c1c2c(-c3ccc(F)cc3)csc2nc(-c2ccccc2)n1Cc1cccc(F)c1. The first-order chi connectivity index (χ1) is 15.1. The second-order valence-electron chi connectivity index (χ2n) is 7.16. The summed E-state index contributed by atoms with van der Waals surface area (Å²) in [5.74, 6) is -0.172. The van der Waals surface area contributed by atoms with E-state index in [0.717, 1.165) is 11.1 Å². The van der Waals surface area contributed by atoms with Crippen LogP contribution in [0.4, 0.5) is 8.78 Å². The standard InChI is InChI=1S/C25H16F2N2OS/c26-19-11-9-17(10-12-19)21-15-31-24-22(21)25(30)29(14-16-5-4-8-20(27)13-16)23(28-24)18-6-2-1-3-7-18/h1-13,15H,14H2. The number of fused-ring (bicyclic) bond motifs is 1. The summed E-state index contributed by atoms with van der Waals surface area (Å²) in [7, 11) is 0. The lowest BCUT2D eigenvalue weighted by Gasteiger charge is -2.13. The Hall–Kier alpha value is -3.64. The Bertz CT molecular complexity index is 1440. The Kier molecular flexibility index (Phi) is 4.92. The van der Waals surface area contributed by atoms with Gasteiger partial charge in [-0.2, -0.15) is 0 Å². The van der Waals surface area contributed by atoms with Crippen molar-refractivity contribution in [2.75, 3.05) is 0 Å². The summed E-state index contributed by atoms with van der Waals surface area (Å²) in [4.78, 5) is 19.1. The van der Waals surface area contributed by atoms with Gasteiger partial charge < -0.3 is 0 Å². The largest absolute Gasteiger partial charge is 0.288 e. The highest BCUT2D eigenvalue weighted by Crippen LogP contribution is 2.32. The molecule has 5 rings (SSSR count). The molecule has 0 amide bonds. The molecule has 0 saturated heterocycles. The Morgan fingerprint density at radius 1 is 0.839 bits per heavy atom. The van der Waals surface area contributed by atoms with Gasteiger partial charge in [-0.15, -0.1) is 11.3 Å². The molecule has 0 aliphatic carbocycles. The smallest absolute Gasteiger partial charge is 0.263 e. The summed E-state index contributed by atoms with van der Waals surface area (Å²) in [6, 6.07) is 21.7. The van der Waals surface area contributed by atoms with Crippen molar-refractivity contribution < 1.29 is 8.78 Å². The Morgan fingerprint density at radius 3 is 2.35 bits per heavy atom. The van der Waals surface area contributed by atoms with E-state index in [9.17, 15) is 13.6 Å². The van der Waals surface area contributed by atoms with Crippen LogP contribution in [-0.4, -0.2) is 9.55 Å². The van der Waals surface area contributed by atoms with Crippen LogP contribution in [0.15, 0.2) is 89.0 Å². The predicted molar refractivity (Wildman–Crippen MR) is 120 cm³/mol. The number of hydrogen-bond acceptors (Lipinski definition) is 3. The summed E-state index contributed by atoms with van der Waals surface area (Å²) < 4.78 is 28.8. The molecule has 0 radical (unpaired) electrons. The third-order valence-electron chi connectivity index (χ3n) is 5.11. The van der Waals surface area contributed by atoms with E-state index in [-0.39, 0.29) is 23.7 Å². The second kappa shape index (κ2) is 7.89. The zero-order valence-corrected chi connectivity index (χ0v) is 17.1. The molecule has 152 valence electrons. The van der Waals surface area contributed by atoms with E-state index in [0.29, 0.717) is 27.2 Å². The fourth-order valence-electron chi connectivity index (χ4n) is 3.64. The quantitative estimate of drug-likeness (QED) is 0.344. The maximum Gasteiger partial charge on any atom is 0.263 e. The molecule has 0 atom stereocenters. The van der Waals surface area contributed by atoms with Gasteiger partial charge in [0.25, 0.3) is 5.56 Å². The molecule has 0 bridgehead atoms. The predicted octanol–water partition coefficient (Wildman–Crippen LogP) is 6.12. The fraction of sp³-hybridized carbons (Fsp3) is 0.0400. The van der Waals surface area contributed by atoms with Crippen molar-refractivity contribution in [2.24, 2.45) is 0 Å². The van der Waals surface area contributed by atoms with E-state index < -0.39 is 0 Å². The van der Waals surface area contributed by atoms with Gasteiger partial charge in [-0.1, -0.05) is 54.6 Å². The van der Waals surface area contributed by atoms with Gasteiger partial charge in [0.05, 0.1) is 11.9 Å². The van der Waals surface area contributed by atoms with Gasteiger partial charge in [-0.3, -0.25) is 9.36 Å². The molecular weight excluding hydrogens is 414 g/mol. The first-order valence-electron chi connectivity index (χ1n) is 9.68. The fourth-order valence-corrected chi connectivity index (χ4v) is 4.58. The first kappa shape index (κ1) is 19.3. The third-order valence-corrected chi connectivity index (χ3v) is 5.98. The molecule has 0 N–H and O–H groups in total. The van der Waals surface area contributed by atoms with Crippen LogP contribution in [0, 0.1) is 11.6 Å². The number of nitrogens with zero attached hydrogens (tertiary/aromatic N) is 2. The molecule has 2 heterocycles. The summed E-state index contributed by atoms with van der Waals surface area (Å²) in [6.45, 7) is 0.183. The van der Waals surface area contributed by atoms with Crippen molar-refractivity contribution in [2.45, 2.75) is 6.54 Å². The van der Waals surface area contributed by atoms with E-state index in [4.69, 9.17) is 4.98 Å². The van der Waals surface area contributed by atoms with E-state index in [1.807, 2.05) is 35.7 Å². The van der Waals surface area contributed by atoms with Crippen molar-refractivity contribution in [3.63, 3.8) is 0 Å². The van der Waals surface area contributed by atoms with E-state index in [1.54, 1.807) is 28.8 Å². The van der Waals surface area contributed by atoms with E-state index in [1.165, 1.54) is 35.6 Å². The Morgan fingerprint density at radius 2 is 1.61 bits per heavy atom. The third kappa shape index (κ3) is 3.66. The molecule has 31 heavy (non-hydrogen) atoms. The Labute approximate surface area is 180 Å². The van der Waals surface area contributed by atoms with Gasteiger partial charge in [0.2, 0.25) is 0 Å². The van der Waals surface area contributed by atoms with Crippen molar-refractivity contribution in [1.82, 2.24) is 9.55 Å². The molecule has 0 spiro atoms. The van der Waals surface area contributed by atoms with Crippen LogP contribution in [0.3, 0.4) is 0 Å². The molecule has 0 aliphatic heterocycles. The molecule has 2 aromatic heterocycles. The number of thiophene rings is 1. The molecule has 5 aromatic rings. The average molecular weight is 430 g/mol. The van der Waals surface area contributed by atoms with Crippen LogP contribution < -0.4 is 5.56 Å². The van der Waals surface area contributed by atoms with E-state index >= 15 is 0 Å². The molecule has 3 aromatic carbocycles. The zero-order valence-electron chi connectivity index (χ0n) is 16.3. The molecular formula is C25H16F2N2OS. The monoisotopic (exact) mass is 430 g/mol. The van der Waals surface area contributed by atoms with Crippen molar-refractivity contribution >= 4 is 21.6 Å².